The predicted octanol–water partition coefficient (Wildman–Crippen LogP) is 1.83. The van der Waals surface area contributed by atoms with Crippen LogP contribution in [0.25, 0.3) is 0 Å². The molecule has 15 heavy (non-hydrogen) atoms. The lowest BCUT2D eigenvalue weighted by Crippen LogP contribution is -2.19. The first kappa shape index (κ1) is 12.0. The number of allylic oxidation sites excluding steroid dienone is 1. The molecule has 0 aliphatic carbocycles. The Morgan fingerprint density at radius 1 is 1.80 bits per heavy atom. The van der Waals surface area contributed by atoms with E-state index in [1.807, 2.05) is 0 Å². The van der Waals surface area contributed by atoms with Crippen LogP contribution in [0.5, 0.6) is 0 Å². The minimum atomic E-state index is -2.66. The minimum Gasteiger partial charge on any atom is -0.457 e. The van der Waals surface area contributed by atoms with Gasteiger partial charge in [0.1, 0.15) is 17.2 Å². The third kappa shape index (κ3) is 2.71. The van der Waals surface area contributed by atoms with Crippen molar-refractivity contribution in [3.8, 4) is 0 Å². The van der Waals surface area contributed by atoms with Crippen molar-refractivity contribution in [2.75, 3.05) is 19.5 Å². The third-order valence-corrected chi connectivity index (χ3v) is 2.95. The largest absolute Gasteiger partial charge is 0.457 e. The summed E-state index contributed by atoms with van der Waals surface area (Å²) in [4.78, 5) is 12.7. The van der Waals surface area contributed by atoms with Gasteiger partial charge in [0.15, 0.2) is 0 Å². The number of carbonyl (C=O) groups is 1. The number of nitrogens with zero attached hydrogens (tertiary/aromatic N) is 1. The number of thioether (sulfide) groups is 1. The summed E-state index contributed by atoms with van der Waals surface area (Å²) in [6, 6.07) is 0. The Bertz CT molecular complexity index is 304. The Hall–Kier alpha value is -1.04. The van der Waals surface area contributed by atoms with Crippen molar-refractivity contribution >= 4 is 17.7 Å². The van der Waals surface area contributed by atoms with Crippen molar-refractivity contribution < 1.29 is 18.3 Å². The average molecular weight is 235 g/mol. The predicted molar refractivity (Wildman–Crippen MR) is 54.4 cm³/mol. The molecule has 1 rings (SSSR count). The molecule has 0 aromatic carbocycles. The number of hydrogen-bond acceptors (Lipinski definition) is 4. The van der Waals surface area contributed by atoms with Crippen LogP contribution in [0.1, 0.15) is 0 Å². The molecule has 3 nitrogen and oxygen atoms in total. The molecular formula is C9H11F2NO2S. The number of rotatable bonds is 4. The summed E-state index contributed by atoms with van der Waals surface area (Å²) in [5, 5.41) is 0. The minimum absolute atomic E-state index is 0.00523. The van der Waals surface area contributed by atoms with Crippen LogP contribution in [-0.2, 0) is 9.53 Å². The van der Waals surface area contributed by atoms with E-state index in [1.165, 1.54) is 18.0 Å². The van der Waals surface area contributed by atoms with Crippen molar-refractivity contribution in [1.82, 2.24) is 4.90 Å². The Morgan fingerprint density at radius 2 is 2.47 bits per heavy atom. The fourth-order valence-electron chi connectivity index (χ4n) is 1.11. The molecular weight excluding hydrogens is 224 g/mol. The van der Waals surface area contributed by atoms with Gasteiger partial charge in [-0.25, -0.2) is 13.6 Å². The molecule has 0 saturated heterocycles. The van der Waals surface area contributed by atoms with Crippen LogP contribution in [-0.4, -0.2) is 36.8 Å². The van der Waals surface area contributed by atoms with Crippen LogP contribution in [0.15, 0.2) is 23.3 Å². The maximum absolute atomic E-state index is 12.6. The summed E-state index contributed by atoms with van der Waals surface area (Å²) >= 11 is 1.06. The summed E-state index contributed by atoms with van der Waals surface area (Å²) in [5.74, 6) is -0.363. The number of ether oxygens (including phenoxy) is 1. The number of esters is 1. The molecule has 0 N–H and O–H groups in total. The van der Waals surface area contributed by atoms with Crippen molar-refractivity contribution in [2.24, 2.45) is 0 Å². The lowest BCUT2D eigenvalue weighted by molar-refractivity contribution is -0.137. The highest BCUT2D eigenvalue weighted by Gasteiger charge is 2.32. The number of halogens is 2. The third-order valence-electron chi connectivity index (χ3n) is 1.77. The van der Waals surface area contributed by atoms with E-state index in [-0.39, 0.29) is 17.2 Å². The first-order valence-electron chi connectivity index (χ1n) is 4.22. The van der Waals surface area contributed by atoms with Gasteiger partial charge in [-0.05, 0) is 0 Å². The lowest BCUT2D eigenvalue weighted by Gasteiger charge is -2.13. The molecule has 6 heteroatoms. The maximum atomic E-state index is 12.6. The van der Waals surface area contributed by atoms with Crippen LogP contribution < -0.4 is 0 Å². The zero-order chi connectivity index (χ0) is 11.4. The van der Waals surface area contributed by atoms with Crippen molar-refractivity contribution in [3.05, 3.63) is 23.3 Å². The molecule has 1 heterocycles. The Kier molecular flexibility index (Phi) is 4.14. The second kappa shape index (κ2) is 5.16. The Morgan fingerprint density at radius 3 is 3.00 bits per heavy atom. The van der Waals surface area contributed by atoms with Crippen LogP contribution in [0.2, 0.25) is 0 Å². The summed E-state index contributed by atoms with van der Waals surface area (Å²) < 4.78 is 29.9. The molecule has 0 spiro atoms. The van der Waals surface area contributed by atoms with Crippen molar-refractivity contribution in [3.63, 3.8) is 0 Å². The van der Waals surface area contributed by atoms with Gasteiger partial charge in [0.25, 0.3) is 6.43 Å². The molecule has 1 aliphatic heterocycles. The molecule has 0 unspecified atom stereocenters. The normalized spacial score (nSPS) is 16.1. The van der Waals surface area contributed by atoms with E-state index in [0.29, 0.717) is 5.88 Å². The van der Waals surface area contributed by atoms with Gasteiger partial charge in [-0.2, -0.15) is 0 Å². The first-order valence-corrected chi connectivity index (χ1v) is 5.20. The first-order chi connectivity index (χ1) is 7.07. The van der Waals surface area contributed by atoms with Gasteiger partial charge in [-0.3, -0.25) is 0 Å². The number of hydrogen-bond donors (Lipinski definition) is 0. The van der Waals surface area contributed by atoms with Gasteiger partial charge in [-0.15, -0.1) is 0 Å². The molecule has 0 aromatic heterocycles. The quantitative estimate of drug-likeness (QED) is 0.549. The van der Waals surface area contributed by atoms with Gasteiger partial charge in [0.2, 0.25) is 0 Å². The monoisotopic (exact) mass is 235 g/mol. The second-order valence-corrected chi connectivity index (χ2v) is 3.83. The fourth-order valence-corrected chi connectivity index (χ4v) is 2.14. The van der Waals surface area contributed by atoms with Crippen LogP contribution in [0.4, 0.5) is 8.78 Å². The highest BCUT2D eigenvalue weighted by molar-refractivity contribution is 8.04. The summed E-state index contributed by atoms with van der Waals surface area (Å²) in [5.41, 5.74) is -0.255. The highest BCUT2D eigenvalue weighted by Crippen LogP contribution is 2.34. The SMILES string of the molecule is C=CCOC(=O)C1=C(C(F)F)N(C)CS1. The van der Waals surface area contributed by atoms with E-state index in [4.69, 9.17) is 4.74 Å². The van der Waals surface area contributed by atoms with Gasteiger partial charge in [0.05, 0.1) is 5.88 Å². The van der Waals surface area contributed by atoms with E-state index in [9.17, 15) is 13.6 Å². The Labute approximate surface area is 90.8 Å². The summed E-state index contributed by atoms with van der Waals surface area (Å²) in [7, 11) is 1.52. The molecule has 0 bridgehead atoms. The molecule has 1 aliphatic rings. The van der Waals surface area contributed by atoms with Crippen LogP contribution >= 0.6 is 11.8 Å². The second-order valence-electron chi connectivity index (χ2n) is 2.87. The maximum Gasteiger partial charge on any atom is 0.347 e. The molecule has 0 fully saturated rings. The smallest absolute Gasteiger partial charge is 0.347 e. The van der Waals surface area contributed by atoms with Gasteiger partial charge >= 0.3 is 5.97 Å². The van der Waals surface area contributed by atoms with Gasteiger partial charge in [-0.1, -0.05) is 24.4 Å². The van der Waals surface area contributed by atoms with E-state index in [1.54, 1.807) is 0 Å². The van der Waals surface area contributed by atoms with Crippen LogP contribution in [0, 0.1) is 0 Å². The number of carbonyl (C=O) groups excluding carboxylic acids is 1. The zero-order valence-corrected chi connectivity index (χ0v) is 9.02. The molecule has 0 amide bonds. The Balaban J connectivity index is 2.81. The zero-order valence-electron chi connectivity index (χ0n) is 8.20. The highest BCUT2D eigenvalue weighted by atomic mass is 32.2. The van der Waals surface area contributed by atoms with E-state index < -0.39 is 12.4 Å². The van der Waals surface area contributed by atoms with Gasteiger partial charge < -0.3 is 9.64 Å². The van der Waals surface area contributed by atoms with E-state index in [0.717, 1.165) is 11.8 Å². The molecule has 0 saturated carbocycles. The average Bonchev–Trinajstić information content (AvgIpc) is 2.56. The van der Waals surface area contributed by atoms with E-state index in [2.05, 4.69) is 6.58 Å². The molecule has 0 atom stereocenters. The fraction of sp³-hybridized carbons (Fsp3) is 0.444. The summed E-state index contributed by atoms with van der Waals surface area (Å²) in [6.45, 7) is 3.40. The summed E-state index contributed by atoms with van der Waals surface area (Å²) in [6.07, 6.45) is -1.26. The van der Waals surface area contributed by atoms with Crippen molar-refractivity contribution in [1.29, 1.82) is 0 Å². The van der Waals surface area contributed by atoms with E-state index >= 15 is 0 Å². The van der Waals surface area contributed by atoms with Crippen LogP contribution in [0.3, 0.4) is 0 Å². The van der Waals surface area contributed by atoms with Crippen molar-refractivity contribution in [2.45, 2.75) is 6.43 Å². The molecule has 84 valence electrons. The lowest BCUT2D eigenvalue weighted by atomic mass is 10.4. The van der Waals surface area contributed by atoms with Gasteiger partial charge in [0, 0.05) is 7.05 Å². The molecule has 0 aromatic rings. The topological polar surface area (TPSA) is 29.5 Å². The standard InChI is InChI=1S/C9H11F2NO2S/c1-3-4-14-9(13)7-6(8(10)11)12(2)5-15-7/h3,8H,1,4-5H2,2H3. The molecule has 0 radical (unpaired) electrons. The number of alkyl halides is 2.